The first kappa shape index (κ1) is 14.0. The number of piperazine rings is 1. The second-order valence-corrected chi connectivity index (χ2v) is 5.40. The Bertz CT molecular complexity index is 646. The highest BCUT2D eigenvalue weighted by atomic mass is 16.6. The molecule has 0 spiro atoms. The average molecular weight is 288 g/mol. The fourth-order valence-electron chi connectivity index (χ4n) is 3.12. The number of nitro benzene ring substituents is 1. The van der Waals surface area contributed by atoms with Crippen molar-refractivity contribution in [2.45, 2.75) is 19.5 Å². The molecule has 1 saturated heterocycles. The number of fused-ring (bicyclic) bond motifs is 1. The number of non-ortho nitro benzene ring substituents is 1. The third-order valence-corrected chi connectivity index (χ3v) is 4.18. The number of benzene rings is 1. The Kier molecular flexibility index (Phi) is 3.90. The highest BCUT2D eigenvalue weighted by molar-refractivity contribution is 5.82. The SMILES string of the molecule is CCC(N1CCNCC1)n1ccc2ccc([N+](=O)[O-])cc21. The van der Waals surface area contributed by atoms with Crippen LogP contribution in [0, 0.1) is 10.1 Å². The largest absolute Gasteiger partial charge is 0.331 e. The lowest BCUT2D eigenvalue weighted by Crippen LogP contribution is -2.46. The molecule has 21 heavy (non-hydrogen) atoms. The quantitative estimate of drug-likeness (QED) is 0.693. The van der Waals surface area contributed by atoms with Gasteiger partial charge in [0.15, 0.2) is 0 Å². The van der Waals surface area contributed by atoms with Crippen LogP contribution < -0.4 is 5.32 Å². The van der Waals surface area contributed by atoms with Crippen molar-refractivity contribution in [3.05, 3.63) is 40.6 Å². The molecule has 1 N–H and O–H groups in total. The smallest absolute Gasteiger partial charge is 0.271 e. The molecule has 0 saturated carbocycles. The summed E-state index contributed by atoms with van der Waals surface area (Å²) in [5.74, 6) is 0. The van der Waals surface area contributed by atoms with Crippen LogP contribution in [0.5, 0.6) is 0 Å². The van der Waals surface area contributed by atoms with Gasteiger partial charge < -0.3 is 9.88 Å². The maximum absolute atomic E-state index is 11.0. The summed E-state index contributed by atoms with van der Waals surface area (Å²) in [7, 11) is 0. The van der Waals surface area contributed by atoms with Crippen molar-refractivity contribution in [1.29, 1.82) is 0 Å². The third kappa shape index (κ3) is 2.64. The van der Waals surface area contributed by atoms with E-state index in [0.717, 1.165) is 43.5 Å². The fourth-order valence-corrected chi connectivity index (χ4v) is 3.12. The molecule has 6 heteroatoms. The van der Waals surface area contributed by atoms with Crippen LogP contribution in [-0.2, 0) is 0 Å². The van der Waals surface area contributed by atoms with E-state index in [1.807, 2.05) is 18.3 Å². The molecule has 1 aliphatic heterocycles. The van der Waals surface area contributed by atoms with E-state index in [0.29, 0.717) is 0 Å². The van der Waals surface area contributed by atoms with E-state index in [4.69, 9.17) is 0 Å². The first-order valence-corrected chi connectivity index (χ1v) is 7.40. The molecule has 0 radical (unpaired) electrons. The number of nitro groups is 1. The summed E-state index contributed by atoms with van der Waals surface area (Å²) in [6.45, 7) is 6.17. The van der Waals surface area contributed by atoms with Crippen molar-refractivity contribution >= 4 is 16.6 Å². The number of nitrogens with one attached hydrogen (secondary N) is 1. The van der Waals surface area contributed by atoms with Crippen LogP contribution >= 0.6 is 0 Å². The van der Waals surface area contributed by atoms with Gasteiger partial charge >= 0.3 is 0 Å². The zero-order valence-electron chi connectivity index (χ0n) is 12.2. The second-order valence-electron chi connectivity index (χ2n) is 5.40. The first-order chi connectivity index (χ1) is 10.2. The van der Waals surface area contributed by atoms with Crippen molar-refractivity contribution in [2.24, 2.45) is 0 Å². The molecule has 3 rings (SSSR count). The lowest BCUT2D eigenvalue weighted by atomic mass is 10.2. The molecular weight excluding hydrogens is 268 g/mol. The van der Waals surface area contributed by atoms with Gasteiger partial charge in [-0.1, -0.05) is 6.92 Å². The molecular formula is C15H20N4O2. The Morgan fingerprint density at radius 2 is 2.10 bits per heavy atom. The normalized spacial score (nSPS) is 18.0. The van der Waals surface area contributed by atoms with Gasteiger partial charge in [0.1, 0.15) is 0 Å². The van der Waals surface area contributed by atoms with E-state index in [1.165, 1.54) is 0 Å². The minimum absolute atomic E-state index is 0.151. The van der Waals surface area contributed by atoms with Gasteiger partial charge in [0.2, 0.25) is 0 Å². The van der Waals surface area contributed by atoms with E-state index < -0.39 is 0 Å². The second kappa shape index (κ2) is 5.83. The number of hydrogen-bond acceptors (Lipinski definition) is 4. The van der Waals surface area contributed by atoms with Crippen LogP contribution in [0.4, 0.5) is 5.69 Å². The van der Waals surface area contributed by atoms with E-state index >= 15 is 0 Å². The summed E-state index contributed by atoms with van der Waals surface area (Å²) < 4.78 is 2.17. The van der Waals surface area contributed by atoms with Gasteiger partial charge in [-0.05, 0) is 18.6 Å². The minimum Gasteiger partial charge on any atom is -0.331 e. The van der Waals surface area contributed by atoms with Crippen molar-refractivity contribution in [3.63, 3.8) is 0 Å². The number of hydrogen-bond donors (Lipinski definition) is 1. The Morgan fingerprint density at radius 3 is 2.76 bits per heavy atom. The van der Waals surface area contributed by atoms with Gasteiger partial charge in [-0.15, -0.1) is 0 Å². The topological polar surface area (TPSA) is 63.3 Å². The van der Waals surface area contributed by atoms with Gasteiger partial charge in [-0.3, -0.25) is 15.0 Å². The molecule has 6 nitrogen and oxygen atoms in total. The molecule has 1 fully saturated rings. The van der Waals surface area contributed by atoms with Crippen LogP contribution in [0.2, 0.25) is 0 Å². The lowest BCUT2D eigenvalue weighted by Gasteiger charge is -2.35. The zero-order chi connectivity index (χ0) is 14.8. The van der Waals surface area contributed by atoms with Crippen molar-refractivity contribution in [1.82, 2.24) is 14.8 Å². The van der Waals surface area contributed by atoms with Gasteiger partial charge in [0.25, 0.3) is 5.69 Å². The molecule has 1 aromatic heterocycles. The summed E-state index contributed by atoms with van der Waals surface area (Å²) in [4.78, 5) is 13.1. The van der Waals surface area contributed by atoms with Crippen LogP contribution in [0.1, 0.15) is 19.5 Å². The molecule has 2 heterocycles. The number of rotatable bonds is 4. The maximum atomic E-state index is 11.0. The van der Waals surface area contributed by atoms with Crippen molar-refractivity contribution < 1.29 is 4.92 Å². The predicted octanol–water partition coefficient (Wildman–Crippen LogP) is 2.36. The molecule has 2 aromatic rings. The van der Waals surface area contributed by atoms with E-state index in [-0.39, 0.29) is 16.8 Å². The monoisotopic (exact) mass is 288 g/mol. The molecule has 1 atom stereocenters. The van der Waals surface area contributed by atoms with E-state index in [9.17, 15) is 10.1 Å². The van der Waals surface area contributed by atoms with Crippen molar-refractivity contribution in [3.8, 4) is 0 Å². The first-order valence-electron chi connectivity index (χ1n) is 7.40. The summed E-state index contributed by atoms with van der Waals surface area (Å²) in [5, 5.41) is 15.4. The fraction of sp³-hybridized carbons (Fsp3) is 0.467. The summed E-state index contributed by atoms with van der Waals surface area (Å²) in [6.07, 6.45) is 3.28. The van der Waals surface area contributed by atoms with Crippen LogP contribution in [0.25, 0.3) is 10.9 Å². The van der Waals surface area contributed by atoms with Crippen LogP contribution in [0.15, 0.2) is 30.5 Å². The highest BCUT2D eigenvalue weighted by Gasteiger charge is 2.22. The molecule has 1 aromatic carbocycles. The molecule has 112 valence electrons. The van der Waals surface area contributed by atoms with Gasteiger partial charge in [0, 0.05) is 49.9 Å². The molecule has 0 amide bonds. The zero-order valence-corrected chi connectivity index (χ0v) is 12.2. The summed E-state index contributed by atoms with van der Waals surface area (Å²) >= 11 is 0. The number of nitrogens with zero attached hydrogens (tertiary/aromatic N) is 3. The van der Waals surface area contributed by atoms with Gasteiger partial charge in [-0.25, -0.2) is 0 Å². The standard InChI is InChI=1S/C15H20N4O2/c1-2-15(17-9-6-16-7-10-17)18-8-5-12-3-4-13(19(20)21)11-14(12)18/h3-5,8,11,15-16H,2,6-7,9-10H2,1H3. The van der Waals surface area contributed by atoms with Crippen LogP contribution in [0.3, 0.4) is 0 Å². The summed E-state index contributed by atoms with van der Waals surface area (Å²) in [5.41, 5.74) is 1.09. The molecule has 1 unspecified atom stereocenters. The minimum atomic E-state index is -0.331. The molecule has 1 aliphatic rings. The Balaban J connectivity index is 2.00. The number of aromatic nitrogens is 1. The third-order valence-electron chi connectivity index (χ3n) is 4.18. The van der Waals surface area contributed by atoms with Crippen LogP contribution in [-0.4, -0.2) is 40.6 Å². The Morgan fingerprint density at radius 1 is 1.33 bits per heavy atom. The van der Waals surface area contributed by atoms with E-state index in [1.54, 1.807) is 12.1 Å². The molecule has 0 aliphatic carbocycles. The summed E-state index contributed by atoms with van der Waals surface area (Å²) in [6, 6.07) is 7.11. The van der Waals surface area contributed by atoms with Gasteiger partial charge in [-0.2, -0.15) is 0 Å². The Labute approximate surface area is 123 Å². The average Bonchev–Trinajstić information content (AvgIpc) is 2.92. The van der Waals surface area contributed by atoms with Crippen molar-refractivity contribution in [2.75, 3.05) is 26.2 Å². The van der Waals surface area contributed by atoms with Gasteiger partial charge in [0.05, 0.1) is 16.6 Å². The van der Waals surface area contributed by atoms with E-state index in [2.05, 4.69) is 21.7 Å². The maximum Gasteiger partial charge on any atom is 0.271 e. The Hall–Kier alpha value is -1.92. The molecule has 0 bridgehead atoms. The predicted molar refractivity (Wildman–Crippen MR) is 82.4 cm³/mol. The lowest BCUT2D eigenvalue weighted by molar-refractivity contribution is -0.384. The highest BCUT2D eigenvalue weighted by Crippen LogP contribution is 2.28.